The largest absolute Gasteiger partial charge is 0.495 e. The van der Waals surface area contributed by atoms with Crippen LogP contribution in [0.15, 0.2) is 48.7 Å². The number of benzene rings is 2. The molecule has 0 saturated carbocycles. The topological polar surface area (TPSA) is 113 Å². The Labute approximate surface area is 258 Å². The lowest BCUT2D eigenvalue weighted by atomic mass is 9.64. The van der Waals surface area contributed by atoms with Crippen molar-refractivity contribution in [1.29, 1.82) is 5.26 Å². The molecule has 4 atom stereocenters. The molecular formula is C31H30Cl2F2N4O4. The van der Waals surface area contributed by atoms with Crippen molar-refractivity contribution in [3.63, 3.8) is 0 Å². The smallest absolute Gasteiger partial charge is 0.337 e. The number of nitrogens with one attached hydrogen (secondary N) is 2. The SMILES string of the molecule is COC(=O)c1ccc(NC(=O)[C@@H]2N[C@@H](CC(C)(C)C)[C@](C#N)(c3ncc(Cl)cc3F)[C@H]2c2cccc(Cl)c2F)c(OC)c1. The maximum absolute atomic E-state index is 15.8. The number of aromatic nitrogens is 1. The number of esters is 1. The standard InChI is InChI=1S/C31H30Cl2F2N4O4/c1-30(2,3)13-23-31(15-36,27-20(34)12-17(32)14-37-27)24(18-7-6-8-19(33)25(18)35)26(39-23)28(40)38-21-10-9-16(29(41)43-5)11-22(21)42-4/h6-12,14,23-24,26,39H,13H2,1-5H3,(H,38,40)/t23-,24-,26+,31-/m0/s1. The molecule has 0 unspecified atom stereocenters. The monoisotopic (exact) mass is 630 g/mol. The van der Waals surface area contributed by atoms with Gasteiger partial charge in [-0.15, -0.1) is 0 Å². The molecule has 8 nitrogen and oxygen atoms in total. The van der Waals surface area contributed by atoms with E-state index in [2.05, 4.69) is 21.7 Å². The Bertz CT molecular complexity index is 1610. The number of hydrogen-bond donors (Lipinski definition) is 2. The first-order valence-electron chi connectivity index (χ1n) is 13.3. The van der Waals surface area contributed by atoms with E-state index in [0.717, 1.165) is 6.07 Å². The van der Waals surface area contributed by atoms with Gasteiger partial charge >= 0.3 is 5.97 Å². The second kappa shape index (κ2) is 12.4. The van der Waals surface area contributed by atoms with Crippen molar-refractivity contribution in [2.24, 2.45) is 5.41 Å². The van der Waals surface area contributed by atoms with Crippen LogP contribution in [0.3, 0.4) is 0 Å². The Balaban J connectivity index is 1.93. The summed E-state index contributed by atoms with van der Waals surface area (Å²) < 4.78 is 41.7. The van der Waals surface area contributed by atoms with Gasteiger partial charge in [0.2, 0.25) is 5.91 Å². The number of halogens is 4. The fourth-order valence-corrected chi connectivity index (χ4v) is 5.98. The molecule has 0 aliphatic carbocycles. The number of nitriles is 1. The molecule has 0 spiro atoms. The van der Waals surface area contributed by atoms with E-state index in [0.29, 0.717) is 0 Å². The van der Waals surface area contributed by atoms with Crippen LogP contribution in [-0.4, -0.2) is 43.2 Å². The van der Waals surface area contributed by atoms with Gasteiger partial charge in [-0.05, 0) is 47.7 Å². The number of methoxy groups -OCH3 is 2. The summed E-state index contributed by atoms with van der Waals surface area (Å²) in [6.07, 6.45) is 1.49. The van der Waals surface area contributed by atoms with Crippen LogP contribution in [0.2, 0.25) is 10.0 Å². The maximum Gasteiger partial charge on any atom is 0.337 e. The van der Waals surface area contributed by atoms with Crippen molar-refractivity contribution in [3.05, 3.63) is 87.2 Å². The molecule has 2 aromatic carbocycles. The summed E-state index contributed by atoms with van der Waals surface area (Å²) in [5.41, 5.74) is -2.26. The van der Waals surface area contributed by atoms with Crippen LogP contribution >= 0.6 is 23.2 Å². The van der Waals surface area contributed by atoms with E-state index in [-0.39, 0.29) is 44.7 Å². The zero-order valence-corrected chi connectivity index (χ0v) is 25.6. The molecule has 1 aliphatic heterocycles. The number of carbonyl (C=O) groups excluding carboxylic acids is 2. The molecule has 1 saturated heterocycles. The van der Waals surface area contributed by atoms with Crippen LogP contribution in [0.1, 0.15) is 54.7 Å². The summed E-state index contributed by atoms with van der Waals surface area (Å²) in [5.74, 6) is -4.14. The number of ether oxygens (including phenoxy) is 2. The van der Waals surface area contributed by atoms with E-state index in [1.807, 2.05) is 20.8 Å². The molecule has 226 valence electrons. The Morgan fingerprint density at radius 2 is 1.88 bits per heavy atom. The summed E-state index contributed by atoms with van der Waals surface area (Å²) in [4.78, 5) is 30.4. The Morgan fingerprint density at radius 3 is 2.49 bits per heavy atom. The summed E-state index contributed by atoms with van der Waals surface area (Å²) in [6, 6.07) is 9.67. The normalized spacial score (nSPS) is 21.6. The van der Waals surface area contributed by atoms with Gasteiger partial charge in [0.1, 0.15) is 22.8 Å². The van der Waals surface area contributed by atoms with Gasteiger partial charge in [-0.3, -0.25) is 9.78 Å². The number of carbonyl (C=O) groups is 2. The maximum atomic E-state index is 15.8. The van der Waals surface area contributed by atoms with Gasteiger partial charge in [-0.2, -0.15) is 5.26 Å². The highest BCUT2D eigenvalue weighted by molar-refractivity contribution is 6.31. The number of hydrogen-bond acceptors (Lipinski definition) is 7. The van der Waals surface area contributed by atoms with Gasteiger partial charge in [-0.1, -0.05) is 56.1 Å². The quantitative estimate of drug-likeness (QED) is 0.289. The van der Waals surface area contributed by atoms with Crippen molar-refractivity contribution < 1.29 is 27.8 Å². The van der Waals surface area contributed by atoms with E-state index in [9.17, 15) is 14.9 Å². The molecule has 12 heteroatoms. The molecular weight excluding hydrogens is 601 g/mol. The average molecular weight is 632 g/mol. The summed E-state index contributed by atoms with van der Waals surface area (Å²) in [5, 5.41) is 16.7. The third-order valence-electron chi connectivity index (χ3n) is 7.43. The fraction of sp³-hybridized carbons (Fsp3) is 0.355. The van der Waals surface area contributed by atoms with Gasteiger partial charge in [0.15, 0.2) is 0 Å². The Hall–Kier alpha value is -3.78. The second-order valence-electron chi connectivity index (χ2n) is 11.4. The van der Waals surface area contributed by atoms with Crippen LogP contribution in [0.25, 0.3) is 0 Å². The third-order valence-corrected chi connectivity index (χ3v) is 7.93. The van der Waals surface area contributed by atoms with E-state index < -0.39 is 52.3 Å². The minimum absolute atomic E-state index is 0.00921. The molecule has 43 heavy (non-hydrogen) atoms. The lowest BCUT2D eigenvalue weighted by Crippen LogP contribution is -2.45. The molecule has 1 amide bonds. The summed E-state index contributed by atoms with van der Waals surface area (Å²) in [6.45, 7) is 5.79. The predicted octanol–water partition coefficient (Wildman–Crippen LogP) is 6.42. The van der Waals surface area contributed by atoms with Crippen LogP contribution in [0.4, 0.5) is 14.5 Å². The first-order valence-corrected chi connectivity index (χ1v) is 14.0. The summed E-state index contributed by atoms with van der Waals surface area (Å²) >= 11 is 12.2. The van der Waals surface area contributed by atoms with Crippen molar-refractivity contribution in [2.75, 3.05) is 19.5 Å². The molecule has 1 fully saturated rings. The van der Waals surface area contributed by atoms with Crippen molar-refractivity contribution >= 4 is 40.8 Å². The van der Waals surface area contributed by atoms with Crippen LogP contribution in [0.5, 0.6) is 5.75 Å². The lowest BCUT2D eigenvalue weighted by Gasteiger charge is -2.36. The lowest BCUT2D eigenvalue weighted by molar-refractivity contribution is -0.118. The zero-order valence-electron chi connectivity index (χ0n) is 24.1. The molecule has 0 bridgehead atoms. The number of amides is 1. The van der Waals surface area contributed by atoms with Gasteiger partial charge < -0.3 is 20.1 Å². The van der Waals surface area contributed by atoms with Gasteiger partial charge in [0.05, 0.1) is 53.3 Å². The highest BCUT2D eigenvalue weighted by Crippen LogP contribution is 2.52. The van der Waals surface area contributed by atoms with E-state index in [1.165, 1.54) is 56.8 Å². The molecule has 3 aromatic rings. The minimum atomic E-state index is -1.88. The van der Waals surface area contributed by atoms with Crippen molar-refractivity contribution in [3.8, 4) is 11.8 Å². The third kappa shape index (κ3) is 6.16. The number of nitrogens with zero attached hydrogens (tertiary/aromatic N) is 2. The van der Waals surface area contributed by atoms with Gasteiger partial charge in [0, 0.05) is 18.2 Å². The fourth-order valence-electron chi connectivity index (χ4n) is 5.65. The van der Waals surface area contributed by atoms with Gasteiger partial charge in [0.25, 0.3) is 0 Å². The average Bonchev–Trinajstić information content (AvgIpc) is 3.27. The van der Waals surface area contributed by atoms with Crippen LogP contribution in [-0.2, 0) is 14.9 Å². The predicted molar refractivity (Wildman–Crippen MR) is 158 cm³/mol. The van der Waals surface area contributed by atoms with E-state index in [1.54, 1.807) is 0 Å². The Kier molecular flexibility index (Phi) is 9.30. The van der Waals surface area contributed by atoms with Crippen LogP contribution < -0.4 is 15.4 Å². The molecule has 2 heterocycles. The van der Waals surface area contributed by atoms with E-state index in [4.69, 9.17) is 32.7 Å². The highest BCUT2D eigenvalue weighted by Gasteiger charge is 2.62. The molecule has 1 aromatic heterocycles. The number of pyridine rings is 1. The highest BCUT2D eigenvalue weighted by atomic mass is 35.5. The first-order chi connectivity index (χ1) is 20.3. The molecule has 0 radical (unpaired) electrons. The van der Waals surface area contributed by atoms with Gasteiger partial charge in [-0.25, -0.2) is 13.6 Å². The first kappa shape index (κ1) is 32.1. The Morgan fingerprint density at radius 1 is 1.16 bits per heavy atom. The minimum Gasteiger partial charge on any atom is -0.495 e. The van der Waals surface area contributed by atoms with Crippen molar-refractivity contribution in [1.82, 2.24) is 10.3 Å². The van der Waals surface area contributed by atoms with Crippen LogP contribution in [0, 0.1) is 28.4 Å². The second-order valence-corrected chi connectivity index (χ2v) is 12.3. The molecule has 4 rings (SSSR count). The molecule has 2 N–H and O–H groups in total. The number of anilines is 1. The summed E-state index contributed by atoms with van der Waals surface area (Å²) in [7, 11) is 2.60. The zero-order chi connectivity index (χ0) is 31.7. The molecule has 1 aliphatic rings. The van der Waals surface area contributed by atoms with E-state index >= 15 is 8.78 Å². The number of rotatable bonds is 7. The van der Waals surface area contributed by atoms with Crippen molar-refractivity contribution in [2.45, 2.75) is 50.6 Å².